The Morgan fingerprint density at radius 1 is 0.773 bits per heavy atom. The normalized spacial score (nSPS) is 29.9. The van der Waals surface area contributed by atoms with Crippen molar-refractivity contribution in [3.63, 3.8) is 0 Å². The molecule has 0 N–H and O–H groups in total. The Morgan fingerprint density at radius 2 is 1.50 bits per heavy atom. The predicted molar refractivity (Wildman–Crippen MR) is 90.1 cm³/mol. The van der Waals surface area contributed by atoms with E-state index < -0.39 is 0 Å². The molecule has 2 heterocycles. The first kappa shape index (κ1) is 12.9. The third-order valence-electron chi connectivity index (χ3n) is 6.17. The lowest BCUT2D eigenvalue weighted by Gasteiger charge is -2.52. The van der Waals surface area contributed by atoms with Crippen LogP contribution in [0.3, 0.4) is 0 Å². The summed E-state index contributed by atoms with van der Waals surface area (Å²) in [5, 5.41) is 0. The highest BCUT2D eigenvalue weighted by molar-refractivity contribution is 5.47. The fourth-order valence-electron chi connectivity index (χ4n) is 5.26. The van der Waals surface area contributed by atoms with Crippen molar-refractivity contribution in [2.75, 3.05) is 6.54 Å². The van der Waals surface area contributed by atoms with Gasteiger partial charge in [-0.1, -0.05) is 61.4 Å². The first-order valence-electron chi connectivity index (χ1n) is 8.86. The van der Waals surface area contributed by atoms with Crippen LogP contribution >= 0.6 is 0 Å². The lowest BCUT2D eigenvalue weighted by Crippen LogP contribution is -2.50. The van der Waals surface area contributed by atoms with Gasteiger partial charge in [0.2, 0.25) is 0 Å². The molecule has 112 valence electrons. The van der Waals surface area contributed by atoms with Crippen LogP contribution in [-0.2, 0) is 6.42 Å². The van der Waals surface area contributed by atoms with Crippen molar-refractivity contribution in [1.82, 2.24) is 4.90 Å². The van der Waals surface area contributed by atoms with Gasteiger partial charge in [-0.25, -0.2) is 0 Å². The minimum Gasteiger partial charge on any atom is -0.288 e. The summed E-state index contributed by atoms with van der Waals surface area (Å²) in [5.41, 5.74) is 6.35. The van der Waals surface area contributed by atoms with E-state index >= 15 is 0 Å². The van der Waals surface area contributed by atoms with Crippen LogP contribution in [0.25, 0.3) is 0 Å². The van der Waals surface area contributed by atoms with E-state index in [1.165, 1.54) is 38.6 Å². The molecule has 0 radical (unpaired) electrons. The van der Waals surface area contributed by atoms with E-state index in [9.17, 15) is 0 Å². The van der Waals surface area contributed by atoms with E-state index in [4.69, 9.17) is 0 Å². The van der Waals surface area contributed by atoms with Crippen molar-refractivity contribution < 1.29 is 0 Å². The fourth-order valence-corrected chi connectivity index (χ4v) is 5.26. The van der Waals surface area contributed by atoms with Crippen molar-refractivity contribution in [3.05, 3.63) is 70.8 Å². The van der Waals surface area contributed by atoms with Gasteiger partial charge in [0.05, 0.1) is 6.04 Å². The Labute approximate surface area is 133 Å². The Morgan fingerprint density at radius 3 is 2.41 bits per heavy atom. The number of nitrogens with zero attached hydrogens (tertiary/aromatic N) is 1. The van der Waals surface area contributed by atoms with Gasteiger partial charge in [-0.3, -0.25) is 4.90 Å². The van der Waals surface area contributed by atoms with Gasteiger partial charge in [-0.2, -0.15) is 0 Å². The molecule has 0 bridgehead atoms. The van der Waals surface area contributed by atoms with Crippen LogP contribution in [0.15, 0.2) is 48.5 Å². The van der Waals surface area contributed by atoms with Crippen LogP contribution < -0.4 is 0 Å². The molecule has 3 aliphatic rings. The molecule has 1 nitrogen and oxygen atoms in total. The van der Waals surface area contributed by atoms with Crippen LogP contribution in [0.1, 0.15) is 59.9 Å². The lowest BCUT2D eigenvalue weighted by molar-refractivity contribution is 0.0813. The van der Waals surface area contributed by atoms with E-state index in [0.29, 0.717) is 6.04 Å². The van der Waals surface area contributed by atoms with Gasteiger partial charge in [0.15, 0.2) is 0 Å². The van der Waals surface area contributed by atoms with Crippen molar-refractivity contribution in [1.29, 1.82) is 0 Å². The topological polar surface area (TPSA) is 3.24 Å². The zero-order valence-electron chi connectivity index (χ0n) is 13.0. The van der Waals surface area contributed by atoms with E-state index in [-0.39, 0.29) is 0 Å². The maximum Gasteiger partial charge on any atom is 0.0610 e. The third kappa shape index (κ3) is 1.75. The Hall–Kier alpha value is -1.60. The van der Waals surface area contributed by atoms with Crippen LogP contribution in [0, 0.1) is 0 Å². The maximum atomic E-state index is 2.84. The zero-order valence-corrected chi connectivity index (χ0v) is 13.0. The second kappa shape index (κ2) is 4.96. The Bertz CT molecular complexity index is 705. The average Bonchev–Trinajstić information content (AvgIpc) is 2.61. The molecule has 1 aliphatic carbocycles. The quantitative estimate of drug-likeness (QED) is 0.681. The van der Waals surface area contributed by atoms with E-state index in [0.717, 1.165) is 12.0 Å². The van der Waals surface area contributed by atoms with Gasteiger partial charge in [0, 0.05) is 12.6 Å². The molecule has 1 fully saturated rings. The summed E-state index contributed by atoms with van der Waals surface area (Å²) in [6.07, 6.45) is 6.81. The second-order valence-corrected chi connectivity index (χ2v) is 7.18. The van der Waals surface area contributed by atoms with Crippen molar-refractivity contribution in [2.45, 2.75) is 50.1 Å². The summed E-state index contributed by atoms with van der Waals surface area (Å²) in [6, 6.07) is 19.7. The minimum absolute atomic E-state index is 0.500. The fraction of sp³-hybridized carbons (Fsp3) is 0.429. The molecule has 3 atom stereocenters. The average molecular weight is 289 g/mol. The summed E-state index contributed by atoms with van der Waals surface area (Å²) in [4.78, 5) is 2.84. The molecule has 2 aromatic rings. The summed E-state index contributed by atoms with van der Waals surface area (Å²) in [5.74, 6) is 0.770. The SMILES string of the molecule is c1ccc2c(c1)CCN1[C@@H]2c2ccccc2[C@@H]2CCCC[C@H]21. The molecule has 0 aromatic heterocycles. The maximum absolute atomic E-state index is 2.84. The Balaban J connectivity index is 1.72. The Kier molecular flexibility index (Phi) is 2.91. The molecule has 0 spiro atoms. The molecule has 0 amide bonds. The van der Waals surface area contributed by atoms with Crippen molar-refractivity contribution >= 4 is 0 Å². The van der Waals surface area contributed by atoms with E-state index in [1.807, 2.05) is 0 Å². The molecule has 0 unspecified atom stereocenters. The first-order chi connectivity index (χ1) is 10.9. The number of fused-ring (bicyclic) bond motifs is 8. The standard InChI is InChI=1S/C21H23N/c1-2-8-16-15(7-1)13-14-22-20-12-6-5-10-18(20)17-9-3-4-11-19(17)21(16)22/h1-4,7-9,11,18,20-21H,5-6,10,12-14H2/t18-,20+,21-/m0/s1. The smallest absolute Gasteiger partial charge is 0.0610 e. The molecule has 0 saturated heterocycles. The summed E-state index contributed by atoms with van der Waals surface area (Å²) in [6.45, 7) is 1.23. The highest BCUT2D eigenvalue weighted by atomic mass is 15.2. The zero-order chi connectivity index (χ0) is 14.5. The van der Waals surface area contributed by atoms with Gasteiger partial charge >= 0.3 is 0 Å². The van der Waals surface area contributed by atoms with Gasteiger partial charge in [0.1, 0.15) is 0 Å². The lowest BCUT2D eigenvalue weighted by atomic mass is 9.70. The van der Waals surface area contributed by atoms with Gasteiger partial charge in [-0.15, -0.1) is 0 Å². The molecule has 5 rings (SSSR count). The molecule has 2 aromatic carbocycles. The van der Waals surface area contributed by atoms with Crippen molar-refractivity contribution in [3.8, 4) is 0 Å². The van der Waals surface area contributed by atoms with Crippen LogP contribution in [-0.4, -0.2) is 17.5 Å². The van der Waals surface area contributed by atoms with E-state index in [1.54, 1.807) is 22.3 Å². The number of hydrogen-bond donors (Lipinski definition) is 0. The summed E-state index contributed by atoms with van der Waals surface area (Å²) >= 11 is 0. The van der Waals surface area contributed by atoms with E-state index in [2.05, 4.69) is 53.4 Å². The molecular weight excluding hydrogens is 266 g/mol. The largest absolute Gasteiger partial charge is 0.288 e. The van der Waals surface area contributed by atoms with Crippen molar-refractivity contribution in [2.24, 2.45) is 0 Å². The monoisotopic (exact) mass is 289 g/mol. The molecular formula is C21H23N. The summed E-state index contributed by atoms with van der Waals surface area (Å²) < 4.78 is 0. The number of rotatable bonds is 0. The second-order valence-electron chi connectivity index (χ2n) is 7.18. The third-order valence-corrected chi connectivity index (χ3v) is 6.17. The van der Waals surface area contributed by atoms with Crippen LogP contribution in [0.4, 0.5) is 0 Å². The molecule has 22 heavy (non-hydrogen) atoms. The molecule has 1 heteroatoms. The highest BCUT2D eigenvalue weighted by Crippen LogP contribution is 2.50. The van der Waals surface area contributed by atoms with Gasteiger partial charge in [-0.05, 0) is 47.4 Å². The van der Waals surface area contributed by atoms with Crippen LogP contribution in [0.2, 0.25) is 0 Å². The predicted octanol–water partition coefficient (Wildman–Crippen LogP) is 4.67. The molecule has 1 saturated carbocycles. The van der Waals surface area contributed by atoms with Gasteiger partial charge in [0.25, 0.3) is 0 Å². The summed E-state index contributed by atoms with van der Waals surface area (Å²) in [7, 11) is 0. The number of hydrogen-bond acceptors (Lipinski definition) is 1. The molecule has 2 aliphatic heterocycles. The van der Waals surface area contributed by atoms with Gasteiger partial charge < -0.3 is 0 Å². The number of benzene rings is 2. The highest BCUT2D eigenvalue weighted by Gasteiger charge is 2.43. The minimum atomic E-state index is 0.500. The first-order valence-corrected chi connectivity index (χ1v) is 8.86. The van der Waals surface area contributed by atoms with Crippen LogP contribution in [0.5, 0.6) is 0 Å².